The highest BCUT2D eigenvalue weighted by Crippen LogP contribution is 2.39. The van der Waals surface area contributed by atoms with E-state index in [0.29, 0.717) is 16.8 Å². The average Bonchev–Trinajstić information content (AvgIpc) is 2.88. The number of anilines is 2. The molecule has 0 fully saturated rings. The molecule has 2 N–H and O–H groups in total. The van der Waals surface area contributed by atoms with Crippen LogP contribution >= 0.6 is 0 Å². The van der Waals surface area contributed by atoms with Crippen LogP contribution in [-0.4, -0.2) is 26.3 Å². The summed E-state index contributed by atoms with van der Waals surface area (Å²) in [6.07, 6.45) is -0.323. The molecule has 0 saturated heterocycles. The van der Waals surface area contributed by atoms with Gasteiger partial charge in [-0.05, 0) is 41.6 Å². The molecule has 1 aliphatic rings. The van der Waals surface area contributed by atoms with Crippen molar-refractivity contribution in [3.63, 3.8) is 0 Å². The molecule has 0 radical (unpaired) electrons. The Hall–Kier alpha value is -4.17. The average molecular weight is 500 g/mol. The van der Waals surface area contributed by atoms with E-state index in [1.165, 1.54) is 0 Å². The van der Waals surface area contributed by atoms with E-state index in [4.69, 9.17) is 0 Å². The molecule has 0 spiro atoms. The van der Waals surface area contributed by atoms with Gasteiger partial charge in [0.1, 0.15) is 6.04 Å². The minimum atomic E-state index is -4.22. The Morgan fingerprint density at radius 2 is 1.56 bits per heavy atom. The quantitative estimate of drug-likeness (QED) is 0.412. The number of hydrogen-bond acceptors (Lipinski definition) is 4. The molecule has 4 aromatic rings. The number of aryl methyl sites for hydroxylation is 1. The van der Waals surface area contributed by atoms with Crippen molar-refractivity contribution in [3.8, 4) is 0 Å². The van der Waals surface area contributed by atoms with E-state index in [0.717, 1.165) is 20.8 Å². The molecule has 4 aromatic carbocycles. The molecule has 1 unspecified atom stereocenters. The van der Waals surface area contributed by atoms with Gasteiger partial charge in [0, 0.05) is 11.9 Å². The van der Waals surface area contributed by atoms with Crippen molar-refractivity contribution in [3.05, 3.63) is 102 Å². The summed E-state index contributed by atoms with van der Waals surface area (Å²) < 4.78 is 29.5. The maximum atomic E-state index is 14.2. The van der Waals surface area contributed by atoms with E-state index in [1.807, 2.05) is 49.4 Å². The first-order valence-electron chi connectivity index (χ1n) is 11.6. The summed E-state index contributed by atoms with van der Waals surface area (Å²) in [5.41, 5.74) is 2.55. The number of benzene rings is 4. The van der Waals surface area contributed by atoms with Gasteiger partial charge >= 0.3 is 0 Å². The summed E-state index contributed by atoms with van der Waals surface area (Å²) in [4.78, 5) is 26.2. The van der Waals surface area contributed by atoms with Crippen molar-refractivity contribution >= 4 is 44.0 Å². The van der Waals surface area contributed by atoms with Crippen molar-refractivity contribution < 1.29 is 18.0 Å². The van der Waals surface area contributed by atoms with Gasteiger partial charge in [-0.3, -0.25) is 13.9 Å². The Morgan fingerprint density at radius 3 is 2.33 bits per heavy atom. The van der Waals surface area contributed by atoms with E-state index in [2.05, 4.69) is 10.6 Å². The zero-order valence-corrected chi connectivity index (χ0v) is 20.5. The molecule has 7 nitrogen and oxygen atoms in total. The van der Waals surface area contributed by atoms with Crippen molar-refractivity contribution in [2.75, 3.05) is 9.62 Å². The normalized spacial score (nSPS) is 15.3. The predicted octanol–water partition coefficient (Wildman–Crippen LogP) is 4.37. The first-order valence-corrected chi connectivity index (χ1v) is 13.0. The van der Waals surface area contributed by atoms with Crippen LogP contribution in [0.1, 0.15) is 17.5 Å². The third kappa shape index (κ3) is 4.31. The van der Waals surface area contributed by atoms with Crippen molar-refractivity contribution in [2.45, 2.75) is 30.8 Å². The molecule has 36 heavy (non-hydrogen) atoms. The molecule has 8 heteroatoms. The largest absolute Gasteiger partial charge is 0.352 e. The Bertz CT molecular complexity index is 1570. The van der Waals surface area contributed by atoms with Crippen LogP contribution in [0.15, 0.2) is 95.9 Å². The lowest BCUT2D eigenvalue weighted by atomic mass is 10.1. The Kier molecular flexibility index (Phi) is 6.20. The van der Waals surface area contributed by atoms with Crippen molar-refractivity contribution in [1.29, 1.82) is 0 Å². The van der Waals surface area contributed by atoms with E-state index in [1.54, 1.807) is 48.5 Å². The molecule has 0 aromatic heterocycles. The number of carbonyl (C=O) groups is 2. The summed E-state index contributed by atoms with van der Waals surface area (Å²) in [6, 6.07) is 25.4. The lowest BCUT2D eigenvalue weighted by Gasteiger charge is -2.37. The first kappa shape index (κ1) is 23.6. The van der Waals surface area contributed by atoms with Gasteiger partial charge in [0.15, 0.2) is 0 Å². The molecule has 0 saturated carbocycles. The fourth-order valence-electron chi connectivity index (χ4n) is 4.53. The third-order valence-corrected chi connectivity index (χ3v) is 8.22. The van der Waals surface area contributed by atoms with Crippen LogP contribution in [-0.2, 0) is 26.2 Å². The highest BCUT2D eigenvalue weighted by molar-refractivity contribution is 7.93. The summed E-state index contributed by atoms with van der Waals surface area (Å²) in [6.45, 7) is 2.20. The number of fused-ring (bicyclic) bond motifs is 2. The predicted molar refractivity (Wildman–Crippen MR) is 140 cm³/mol. The molecule has 1 aliphatic heterocycles. The second kappa shape index (κ2) is 9.47. The first-order chi connectivity index (χ1) is 17.4. The SMILES string of the molecule is Cc1ccc(S(=O)(=O)N2c3ccccc3NC(=O)C2CC(=O)NCc2ccccc2)c2ccccc12. The fraction of sp³-hybridized carbons (Fsp3) is 0.143. The van der Waals surface area contributed by atoms with E-state index < -0.39 is 27.9 Å². The minimum Gasteiger partial charge on any atom is -0.352 e. The molecule has 2 amide bonds. The molecule has 0 bridgehead atoms. The molecule has 1 atom stereocenters. The molecular formula is C28H25N3O4S. The second-order valence-electron chi connectivity index (χ2n) is 8.72. The maximum Gasteiger partial charge on any atom is 0.265 e. The smallest absolute Gasteiger partial charge is 0.265 e. The summed E-state index contributed by atoms with van der Waals surface area (Å²) in [5.74, 6) is -0.976. The number of sulfonamides is 1. The van der Waals surface area contributed by atoms with Gasteiger partial charge < -0.3 is 10.6 Å². The van der Waals surface area contributed by atoms with Gasteiger partial charge in [-0.25, -0.2) is 8.42 Å². The van der Waals surface area contributed by atoms with Crippen LogP contribution in [0.3, 0.4) is 0 Å². The van der Waals surface area contributed by atoms with Crippen LogP contribution < -0.4 is 14.9 Å². The third-order valence-electron chi connectivity index (χ3n) is 6.34. The number of para-hydroxylation sites is 2. The van der Waals surface area contributed by atoms with Crippen molar-refractivity contribution in [1.82, 2.24) is 5.32 Å². The van der Waals surface area contributed by atoms with Crippen LogP contribution in [0, 0.1) is 6.92 Å². The highest BCUT2D eigenvalue weighted by Gasteiger charge is 2.42. The number of nitrogens with zero attached hydrogens (tertiary/aromatic N) is 1. The van der Waals surface area contributed by atoms with Gasteiger partial charge in [0.05, 0.1) is 22.7 Å². The standard InChI is InChI=1S/C28H25N3O4S/c1-19-15-16-26(22-12-6-5-11-21(19)22)36(34,35)31-24-14-8-7-13-23(24)30-28(33)25(31)17-27(32)29-18-20-9-3-2-4-10-20/h2-16,25H,17-18H2,1H3,(H,29,32)(H,30,33). The fourth-order valence-corrected chi connectivity index (χ4v) is 6.36. The molecule has 182 valence electrons. The number of hydrogen-bond donors (Lipinski definition) is 2. The van der Waals surface area contributed by atoms with Gasteiger partial charge in [0.2, 0.25) is 11.8 Å². The zero-order chi connectivity index (χ0) is 25.3. The maximum absolute atomic E-state index is 14.2. The number of rotatable bonds is 6. The number of amides is 2. The van der Waals surface area contributed by atoms with Gasteiger partial charge in [-0.1, -0.05) is 72.8 Å². The van der Waals surface area contributed by atoms with Gasteiger partial charge in [-0.2, -0.15) is 0 Å². The molecule has 0 aliphatic carbocycles. The Labute approximate surface area is 209 Å². The summed E-state index contributed by atoms with van der Waals surface area (Å²) in [5, 5.41) is 6.94. The summed E-state index contributed by atoms with van der Waals surface area (Å²) in [7, 11) is -4.22. The van der Waals surface area contributed by atoms with Crippen LogP contribution in [0.4, 0.5) is 11.4 Å². The molecule has 1 heterocycles. The summed E-state index contributed by atoms with van der Waals surface area (Å²) >= 11 is 0. The number of carbonyl (C=O) groups excluding carboxylic acids is 2. The van der Waals surface area contributed by atoms with Crippen LogP contribution in [0.2, 0.25) is 0 Å². The monoisotopic (exact) mass is 499 g/mol. The van der Waals surface area contributed by atoms with E-state index >= 15 is 0 Å². The lowest BCUT2D eigenvalue weighted by molar-refractivity contribution is -0.125. The van der Waals surface area contributed by atoms with Gasteiger partial charge in [-0.15, -0.1) is 0 Å². The Balaban J connectivity index is 1.55. The van der Waals surface area contributed by atoms with E-state index in [-0.39, 0.29) is 17.9 Å². The molecule has 5 rings (SSSR count). The highest BCUT2D eigenvalue weighted by atomic mass is 32.2. The second-order valence-corrected chi connectivity index (χ2v) is 10.5. The van der Waals surface area contributed by atoms with E-state index in [9.17, 15) is 18.0 Å². The van der Waals surface area contributed by atoms with Crippen molar-refractivity contribution in [2.24, 2.45) is 0 Å². The van der Waals surface area contributed by atoms with Crippen LogP contribution in [0.5, 0.6) is 0 Å². The lowest BCUT2D eigenvalue weighted by Crippen LogP contribution is -2.52. The Morgan fingerprint density at radius 1 is 0.889 bits per heavy atom. The molecular weight excluding hydrogens is 474 g/mol. The van der Waals surface area contributed by atoms with Gasteiger partial charge in [0.25, 0.3) is 10.0 Å². The number of nitrogens with one attached hydrogen (secondary N) is 2. The van der Waals surface area contributed by atoms with Crippen LogP contribution in [0.25, 0.3) is 10.8 Å². The zero-order valence-electron chi connectivity index (χ0n) is 19.6. The minimum absolute atomic E-state index is 0.0860. The topological polar surface area (TPSA) is 95.6 Å².